The van der Waals surface area contributed by atoms with Crippen molar-refractivity contribution in [1.29, 1.82) is 0 Å². The maximum absolute atomic E-state index is 6.48. The predicted molar refractivity (Wildman–Crippen MR) is 120 cm³/mol. The number of thioether (sulfide) groups is 1. The Morgan fingerprint density at radius 2 is 2.29 bits per heavy atom. The Bertz CT molecular complexity index is 933. The van der Waals surface area contributed by atoms with E-state index in [9.17, 15) is 0 Å². The van der Waals surface area contributed by atoms with Crippen molar-refractivity contribution in [3.8, 4) is 0 Å². The first kappa shape index (κ1) is 20.8. The van der Waals surface area contributed by atoms with Crippen molar-refractivity contribution >= 4 is 45.7 Å². The summed E-state index contributed by atoms with van der Waals surface area (Å²) in [5.74, 6) is 1.71. The number of amidine groups is 1. The van der Waals surface area contributed by atoms with Gasteiger partial charge in [-0.2, -0.15) is 0 Å². The lowest BCUT2D eigenvalue weighted by atomic mass is 10.0. The minimum Gasteiger partial charge on any atom is -0.361 e. The molecule has 1 unspecified atom stereocenters. The number of rotatable bonds is 7. The van der Waals surface area contributed by atoms with E-state index in [2.05, 4.69) is 22.0 Å². The van der Waals surface area contributed by atoms with Crippen molar-refractivity contribution in [2.24, 2.45) is 4.99 Å². The van der Waals surface area contributed by atoms with Crippen molar-refractivity contribution < 1.29 is 4.52 Å². The summed E-state index contributed by atoms with van der Waals surface area (Å²) >= 11 is 14.4. The van der Waals surface area contributed by atoms with Crippen molar-refractivity contribution in [1.82, 2.24) is 10.5 Å². The van der Waals surface area contributed by atoms with E-state index in [-0.39, 0.29) is 6.04 Å². The summed E-state index contributed by atoms with van der Waals surface area (Å²) in [6, 6.07) is 7.42. The van der Waals surface area contributed by atoms with Gasteiger partial charge in [0.1, 0.15) is 11.5 Å². The smallest absolute Gasteiger partial charge is 0.157 e. The molecule has 0 amide bonds. The van der Waals surface area contributed by atoms with E-state index in [0.717, 1.165) is 40.1 Å². The SMILES string of the molecule is C=C/C(=C\C=C/C)c1cc(CC(NC2=NCCS2)c2cccc(Cl)c2Cl)on1. The third-order valence-corrected chi connectivity index (χ3v) is 5.93. The fourth-order valence-electron chi connectivity index (χ4n) is 2.80. The van der Waals surface area contributed by atoms with Gasteiger partial charge >= 0.3 is 0 Å². The van der Waals surface area contributed by atoms with Crippen LogP contribution in [0.25, 0.3) is 5.57 Å². The van der Waals surface area contributed by atoms with Crippen LogP contribution in [0.15, 0.2) is 64.7 Å². The molecule has 7 heteroatoms. The normalized spacial score (nSPS) is 15.7. The average molecular weight is 434 g/mol. The van der Waals surface area contributed by atoms with Gasteiger partial charge in [-0.05, 0) is 18.6 Å². The molecule has 0 aliphatic carbocycles. The lowest BCUT2D eigenvalue weighted by molar-refractivity contribution is 0.370. The Kier molecular flexibility index (Phi) is 7.43. The largest absolute Gasteiger partial charge is 0.361 e. The third kappa shape index (κ3) is 5.10. The first-order valence-electron chi connectivity index (χ1n) is 8.91. The van der Waals surface area contributed by atoms with Gasteiger partial charge in [0.15, 0.2) is 5.17 Å². The second kappa shape index (κ2) is 10.0. The van der Waals surface area contributed by atoms with Gasteiger partial charge in [0.05, 0.1) is 22.6 Å². The first-order chi connectivity index (χ1) is 13.6. The molecule has 2 heterocycles. The molecule has 0 saturated carbocycles. The van der Waals surface area contributed by atoms with Crippen LogP contribution in [-0.4, -0.2) is 22.6 Å². The fraction of sp³-hybridized carbons (Fsp3) is 0.238. The summed E-state index contributed by atoms with van der Waals surface area (Å²) in [5, 5.41) is 9.62. The van der Waals surface area contributed by atoms with E-state index >= 15 is 0 Å². The molecular formula is C21H21Cl2N3OS. The summed E-state index contributed by atoms with van der Waals surface area (Å²) in [6.07, 6.45) is 8.15. The molecule has 146 valence electrons. The van der Waals surface area contributed by atoms with Crippen LogP contribution in [0.4, 0.5) is 0 Å². The van der Waals surface area contributed by atoms with Gasteiger partial charge in [-0.25, -0.2) is 0 Å². The Hall–Kier alpha value is -1.95. The molecule has 1 N–H and O–H groups in total. The minimum atomic E-state index is -0.136. The van der Waals surface area contributed by atoms with Crippen LogP contribution in [0.5, 0.6) is 0 Å². The van der Waals surface area contributed by atoms with Gasteiger partial charge in [0.25, 0.3) is 0 Å². The van der Waals surface area contributed by atoms with E-state index in [4.69, 9.17) is 27.7 Å². The van der Waals surface area contributed by atoms with Crippen LogP contribution in [0, 0.1) is 0 Å². The molecule has 2 aromatic rings. The van der Waals surface area contributed by atoms with Crippen molar-refractivity contribution in [3.05, 3.63) is 82.2 Å². The van der Waals surface area contributed by atoms with Crippen LogP contribution < -0.4 is 5.32 Å². The van der Waals surface area contributed by atoms with E-state index in [1.807, 2.05) is 43.4 Å². The minimum absolute atomic E-state index is 0.136. The zero-order valence-electron chi connectivity index (χ0n) is 15.5. The molecule has 0 fully saturated rings. The maximum atomic E-state index is 6.48. The second-order valence-corrected chi connectivity index (χ2v) is 7.98. The summed E-state index contributed by atoms with van der Waals surface area (Å²) in [6.45, 7) is 6.62. The molecule has 1 aliphatic heterocycles. The summed E-state index contributed by atoms with van der Waals surface area (Å²) in [5.41, 5.74) is 2.54. The molecule has 1 aromatic carbocycles. The van der Waals surface area contributed by atoms with Crippen molar-refractivity contribution in [3.63, 3.8) is 0 Å². The zero-order chi connectivity index (χ0) is 19.9. The van der Waals surface area contributed by atoms with Gasteiger partial charge in [-0.1, -0.05) is 83.1 Å². The van der Waals surface area contributed by atoms with Gasteiger partial charge in [0.2, 0.25) is 0 Å². The molecule has 1 aliphatic rings. The fourth-order valence-corrected chi connectivity index (χ4v) is 4.03. The van der Waals surface area contributed by atoms with Crippen LogP contribution in [0.1, 0.15) is 30.0 Å². The number of hydrogen-bond acceptors (Lipinski definition) is 5. The number of hydrogen-bond donors (Lipinski definition) is 1. The van der Waals surface area contributed by atoms with Crippen LogP contribution >= 0.6 is 35.0 Å². The van der Waals surface area contributed by atoms with E-state index in [1.165, 1.54) is 0 Å². The number of allylic oxidation sites excluding steroid dienone is 5. The number of nitrogens with one attached hydrogen (secondary N) is 1. The van der Waals surface area contributed by atoms with Gasteiger partial charge in [-0.15, -0.1) is 0 Å². The van der Waals surface area contributed by atoms with E-state index < -0.39 is 0 Å². The molecule has 0 saturated heterocycles. The Morgan fingerprint density at radius 1 is 1.43 bits per heavy atom. The highest BCUT2D eigenvalue weighted by molar-refractivity contribution is 8.14. The average Bonchev–Trinajstić information content (AvgIpc) is 3.37. The standard InChI is InChI=1S/C21H21Cl2N3OS/c1-3-5-7-14(4-2)18-12-15(27-26-18)13-19(25-21-24-10-11-28-21)16-8-6-9-17(22)20(16)23/h3-9,12,19H,2,10-11,13H2,1H3,(H,24,25)/b5-3-,14-7+. The monoisotopic (exact) mass is 433 g/mol. The van der Waals surface area contributed by atoms with E-state index in [0.29, 0.717) is 16.5 Å². The van der Waals surface area contributed by atoms with Gasteiger partial charge in [-0.3, -0.25) is 4.99 Å². The Labute approximate surface area is 179 Å². The molecule has 1 aromatic heterocycles. The molecule has 0 radical (unpaired) electrons. The summed E-state index contributed by atoms with van der Waals surface area (Å²) in [7, 11) is 0. The molecule has 4 nitrogen and oxygen atoms in total. The van der Waals surface area contributed by atoms with Gasteiger partial charge < -0.3 is 9.84 Å². The van der Waals surface area contributed by atoms with Crippen LogP contribution in [0.2, 0.25) is 10.0 Å². The number of nitrogens with zero attached hydrogens (tertiary/aromatic N) is 2. The molecular weight excluding hydrogens is 413 g/mol. The first-order valence-corrected chi connectivity index (χ1v) is 10.7. The highest BCUT2D eigenvalue weighted by atomic mass is 35.5. The highest BCUT2D eigenvalue weighted by Crippen LogP contribution is 2.32. The van der Waals surface area contributed by atoms with Crippen LogP contribution in [0.3, 0.4) is 0 Å². The van der Waals surface area contributed by atoms with Crippen LogP contribution in [-0.2, 0) is 6.42 Å². The number of aromatic nitrogens is 1. The topological polar surface area (TPSA) is 50.4 Å². The number of halogens is 2. The lowest BCUT2D eigenvalue weighted by Crippen LogP contribution is -2.27. The Balaban J connectivity index is 1.87. The zero-order valence-corrected chi connectivity index (χ0v) is 17.8. The molecule has 0 spiro atoms. The maximum Gasteiger partial charge on any atom is 0.157 e. The summed E-state index contributed by atoms with van der Waals surface area (Å²) in [4.78, 5) is 4.49. The number of benzene rings is 1. The molecule has 28 heavy (non-hydrogen) atoms. The Morgan fingerprint density at radius 3 is 3.00 bits per heavy atom. The second-order valence-electron chi connectivity index (χ2n) is 6.11. The van der Waals surface area contributed by atoms with Crippen molar-refractivity contribution in [2.45, 2.75) is 19.4 Å². The lowest BCUT2D eigenvalue weighted by Gasteiger charge is -2.20. The van der Waals surface area contributed by atoms with Crippen molar-refractivity contribution in [2.75, 3.05) is 12.3 Å². The molecule has 1 atom stereocenters. The van der Waals surface area contributed by atoms with Gasteiger partial charge in [0, 0.05) is 23.8 Å². The highest BCUT2D eigenvalue weighted by Gasteiger charge is 2.22. The molecule has 0 bridgehead atoms. The quantitative estimate of drug-likeness (QED) is 0.535. The van der Waals surface area contributed by atoms with E-state index in [1.54, 1.807) is 23.9 Å². The number of aliphatic imine (C=N–C) groups is 1. The summed E-state index contributed by atoms with van der Waals surface area (Å²) < 4.78 is 5.59. The molecule has 3 rings (SSSR count). The third-order valence-electron chi connectivity index (χ3n) is 4.19. The predicted octanol–water partition coefficient (Wildman–Crippen LogP) is 6.10.